The molecule has 148 valence electrons. The monoisotopic (exact) mass is 390 g/mol. The summed E-state index contributed by atoms with van der Waals surface area (Å²) in [4.78, 5) is 14.1. The number of hydrogen-bond acceptors (Lipinski definition) is 5. The lowest BCUT2D eigenvalue weighted by atomic mass is 9.88. The van der Waals surface area contributed by atoms with Gasteiger partial charge in [0.05, 0.1) is 5.69 Å². The van der Waals surface area contributed by atoms with E-state index in [0.717, 1.165) is 31.9 Å². The molecule has 0 atom stereocenters. The highest BCUT2D eigenvalue weighted by molar-refractivity contribution is 6.01. The van der Waals surface area contributed by atoms with E-state index in [9.17, 15) is 18.3 Å². The van der Waals surface area contributed by atoms with Crippen LogP contribution in [0.5, 0.6) is 5.75 Å². The molecule has 28 heavy (non-hydrogen) atoms. The van der Waals surface area contributed by atoms with Crippen molar-refractivity contribution in [1.29, 1.82) is 0 Å². The van der Waals surface area contributed by atoms with Crippen molar-refractivity contribution in [2.45, 2.75) is 44.8 Å². The Balaban J connectivity index is 1.78. The van der Waals surface area contributed by atoms with Crippen molar-refractivity contribution in [1.82, 2.24) is 14.9 Å². The third-order valence-corrected chi connectivity index (χ3v) is 5.38. The lowest BCUT2D eigenvalue weighted by molar-refractivity contribution is -0.142. The van der Waals surface area contributed by atoms with E-state index in [1.165, 1.54) is 18.6 Å². The van der Waals surface area contributed by atoms with Gasteiger partial charge in [-0.2, -0.15) is 13.2 Å². The molecule has 4 rings (SSSR count). The first-order valence-electron chi connectivity index (χ1n) is 9.46. The fraction of sp³-hybridized carbons (Fsp3) is 0.450. The molecule has 0 aromatic carbocycles. The van der Waals surface area contributed by atoms with Gasteiger partial charge < -0.3 is 10.0 Å². The molecule has 2 aromatic rings. The SMILES string of the molecule is Oc1cccnc1C1=Nc2ccnc(C(F)(F)F)c2CN1CC1CCCCC1. The number of aliphatic imine (C=N–C) groups is 1. The first-order chi connectivity index (χ1) is 13.4. The molecule has 2 aliphatic rings. The van der Waals surface area contributed by atoms with Crippen LogP contribution in [0.2, 0.25) is 0 Å². The van der Waals surface area contributed by atoms with Crippen LogP contribution >= 0.6 is 0 Å². The number of hydrogen-bond donors (Lipinski definition) is 1. The molecule has 0 unspecified atom stereocenters. The Kier molecular flexibility index (Phi) is 4.95. The van der Waals surface area contributed by atoms with E-state index >= 15 is 0 Å². The van der Waals surface area contributed by atoms with Crippen molar-refractivity contribution in [3.05, 3.63) is 47.5 Å². The minimum Gasteiger partial charge on any atom is -0.506 e. The van der Waals surface area contributed by atoms with Crippen LogP contribution in [-0.4, -0.2) is 32.4 Å². The Morgan fingerprint density at radius 1 is 1.07 bits per heavy atom. The zero-order valence-electron chi connectivity index (χ0n) is 15.3. The molecule has 5 nitrogen and oxygen atoms in total. The summed E-state index contributed by atoms with van der Waals surface area (Å²) in [5.74, 6) is 0.760. The van der Waals surface area contributed by atoms with E-state index in [1.54, 1.807) is 12.3 Å². The molecule has 1 saturated carbocycles. The number of halogens is 3. The van der Waals surface area contributed by atoms with Gasteiger partial charge in [-0.1, -0.05) is 19.3 Å². The maximum Gasteiger partial charge on any atom is 0.433 e. The molecule has 2 aromatic heterocycles. The van der Waals surface area contributed by atoms with E-state index in [1.807, 2.05) is 4.90 Å². The van der Waals surface area contributed by atoms with Crippen LogP contribution in [0.3, 0.4) is 0 Å². The van der Waals surface area contributed by atoms with Crippen LogP contribution in [0.15, 0.2) is 35.6 Å². The van der Waals surface area contributed by atoms with Crippen LogP contribution in [0.1, 0.15) is 49.1 Å². The lowest BCUT2D eigenvalue weighted by Gasteiger charge is -2.35. The quantitative estimate of drug-likeness (QED) is 0.827. The molecular weight excluding hydrogens is 369 g/mol. The molecule has 0 bridgehead atoms. The third kappa shape index (κ3) is 3.68. The maximum absolute atomic E-state index is 13.5. The highest BCUT2D eigenvalue weighted by Gasteiger charge is 2.39. The van der Waals surface area contributed by atoms with Crippen molar-refractivity contribution in [3.8, 4) is 5.75 Å². The second-order valence-corrected chi connectivity index (χ2v) is 7.35. The largest absolute Gasteiger partial charge is 0.506 e. The highest BCUT2D eigenvalue weighted by atomic mass is 19.4. The van der Waals surface area contributed by atoms with E-state index in [2.05, 4.69) is 15.0 Å². The summed E-state index contributed by atoms with van der Waals surface area (Å²) < 4.78 is 40.4. The van der Waals surface area contributed by atoms with Gasteiger partial charge in [-0.05, 0) is 37.0 Å². The third-order valence-electron chi connectivity index (χ3n) is 5.38. The molecule has 1 N–H and O–H groups in total. The molecule has 8 heteroatoms. The Morgan fingerprint density at radius 2 is 1.86 bits per heavy atom. The van der Waals surface area contributed by atoms with E-state index in [0.29, 0.717) is 18.3 Å². The molecular formula is C20H21F3N4O. The summed E-state index contributed by atoms with van der Waals surface area (Å²) in [7, 11) is 0. The summed E-state index contributed by atoms with van der Waals surface area (Å²) in [6.07, 6.45) is 3.68. The average molecular weight is 390 g/mol. The summed E-state index contributed by atoms with van der Waals surface area (Å²) in [6.45, 7) is 0.629. The molecule has 0 amide bonds. The summed E-state index contributed by atoms with van der Waals surface area (Å²) >= 11 is 0. The Bertz CT molecular complexity index is 891. The number of aromatic hydroxyl groups is 1. The second-order valence-electron chi connectivity index (χ2n) is 7.35. The van der Waals surface area contributed by atoms with Crippen LogP contribution in [0.4, 0.5) is 18.9 Å². The first-order valence-corrected chi connectivity index (χ1v) is 9.46. The van der Waals surface area contributed by atoms with Crippen molar-refractivity contribution in [2.24, 2.45) is 10.9 Å². The smallest absolute Gasteiger partial charge is 0.433 e. The number of aromatic nitrogens is 2. The number of pyridine rings is 2. The van der Waals surface area contributed by atoms with Crippen molar-refractivity contribution in [2.75, 3.05) is 6.54 Å². The topological polar surface area (TPSA) is 61.6 Å². The molecule has 0 spiro atoms. The zero-order chi connectivity index (χ0) is 19.7. The van der Waals surface area contributed by atoms with Gasteiger partial charge in [0.15, 0.2) is 11.5 Å². The van der Waals surface area contributed by atoms with Crippen LogP contribution in [0, 0.1) is 5.92 Å². The Morgan fingerprint density at radius 3 is 2.57 bits per heavy atom. The van der Waals surface area contributed by atoms with Crippen molar-refractivity contribution >= 4 is 11.5 Å². The van der Waals surface area contributed by atoms with Crippen LogP contribution in [-0.2, 0) is 12.7 Å². The fourth-order valence-corrected chi connectivity index (χ4v) is 4.04. The second kappa shape index (κ2) is 7.41. The van der Waals surface area contributed by atoms with E-state index in [-0.39, 0.29) is 29.2 Å². The maximum atomic E-state index is 13.5. The number of amidine groups is 1. The highest BCUT2D eigenvalue weighted by Crippen LogP contribution is 2.39. The van der Waals surface area contributed by atoms with E-state index < -0.39 is 11.9 Å². The van der Waals surface area contributed by atoms with Crippen LogP contribution in [0.25, 0.3) is 0 Å². The predicted molar refractivity (Wildman–Crippen MR) is 98.3 cm³/mol. The molecule has 3 heterocycles. The van der Waals surface area contributed by atoms with Gasteiger partial charge >= 0.3 is 6.18 Å². The van der Waals surface area contributed by atoms with Gasteiger partial charge in [0.2, 0.25) is 0 Å². The molecule has 0 radical (unpaired) electrons. The van der Waals surface area contributed by atoms with Gasteiger partial charge in [-0.15, -0.1) is 0 Å². The molecule has 0 saturated heterocycles. The zero-order valence-corrected chi connectivity index (χ0v) is 15.3. The van der Waals surface area contributed by atoms with Gasteiger partial charge in [0, 0.05) is 31.0 Å². The number of rotatable bonds is 3. The number of nitrogens with zero attached hydrogens (tertiary/aromatic N) is 4. The van der Waals surface area contributed by atoms with Gasteiger partial charge in [-0.25, -0.2) is 9.98 Å². The Hall–Kier alpha value is -2.64. The Labute approximate surface area is 161 Å². The summed E-state index contributed by atoms with van der Waals surface area (Å²) in [5.41, 5.74) is -0.312. The summed E-state index contributed by atoms with van der Waals surface area (Å²) in [6, 6.07) is 4.59. The molecule has 1 aliphatic heterocycles. The number of fused-ring (bicyclic) bond motifs is 1. The average Bonchev–Trinajstić information content (AvgIpc) is 2.67. The predicted octanol–water partition coefficient (Wildman–Crippen LogP) is 4.68. The van der Waals surface area contributed by atoms with Gasteiger partial charge in [0.25, 0.3) is 0 Å². The van der Waals surface area contributed by atoms with Crippen LogP contribution < -0.4 is 0 Å². The van der Waals surface area contributed by atoms with Gasteiger partial charge in [0.1, 0.15) is 11.4 Å². The van der Waals surface area contributed by atoms with Crippen molar-refractivity contribution < 1.29 is 18.3 Å². The van der Waals surface area contributed by atoms with E-state index in [4.69, 9.17) is 0 Å². The molecule has 1 aliphatic carbocycles. The summed E-state index contributed by atoms with van der Waals surface area (Å²) in [5, 5.41) is 10.3. The standard InChI is InChI=1S/C20H21F3N4O/c21-20(22,23)18-14-12-27(11-13-5-2-1-3-6-13)19(26-15(14)8-10-25-18)17-16(28)7-4-9-24-17/h4,7-10,13,28H,1-3,5-6,11-12H2. The minimum absolute atomic E-state index is 0.0385. The van der Waals surface area contributed by atoms with Gasteiger partial charge in [-0.3, -0.25) is 4.98 Å². The minimum atomic E-state index is -4.54. The lowest BCUT2D eigenvalue weighted by Crippen LogP contribution is -2.39. The molecule has 1 fully saturated rings. The fourth-order valence-electron chi connectivity index (χ4n) is 4.04. The van der Waals surface area contributed by atoms with Crippen molar-refractivity contribution in [3.63, 3.8) is 0 Å². The number of alkyl halides is 3. The first kappa shape index (κ1) is 18.7. The normalized spacial score (nSPS) is 18.0.